The highest BCUT2D eigenvalue weighted by Gasteiger charge is 2.52. The summed E-state index contributed by atoms with van der Waals surface area (Å²) < 4.78 is 67.4. The molecule has 2 saturated heterocycles. The number of morpholine rings is 1. The third-order valence-electron chi connectivity index (χ3n) is 8.36. The van der Waals surface area contributed by atoms with Crippen molar-refractivity contribution in [2.75, 3.05) is 36.2 Å². The number of alkyl halides is 2. The SMILES string of the molecule is O=C1c2c(O)c(=O)ccn2N([C@@H]2c3ccccc3N3CCOCC3c3c2ccc(F)c3F)[C@@H]2CC(F)(F)CCN12. The van der Waals surface area contributed by atoms with E-state index < -0.39 is 65.7 Å². The molecule has 2 fully saturated rings. The Morgan fingerprint density at radius 1 is 0.975 bits per heavy atom. The number of benzene rings is 2. The number of carbonyl (C=O) groups excluding carboxylic acids is 1. The lowest BCUT2D eigenvalue weighted by atomic mass is 9.90. The number of aromatic hydroxyl groups is 1. The highest BCUT2D eigenvalue weighted by Crippen LogP contribution is 2.49. The summed E-state index contributed by atoms with van der Waals surface area (Å²) in [6, 6.07) is 8.92. The first-order chi connectivity index (χ1) is 19.2. The number of halogens is 4. The predicted molar refractivity (Wildman–Crippen MR) is 135 cm³/mol. The maximum absolute atomic E-state index is 15.8. The molecule has 2 aromatic carbocycles. The number of hydrogen-bond donors (Lipinski definition) is 1. The summed E-state index contributed by atoms with van der Waals surface area (Å²) in [7, 11) is 0. The Hall–Kier alpha value is -4.06. The topological polar surface area (TPSA) is 78.2 Å². The van der Waals surface area contributed by atoms with Crippen LogP contribution in [0.2, 0.25) is 0 Å². The van der Waals surface area contributed by atoms with E-state index in [4.69, 9.17) is 4.74 Å². The van der Waals surface area contributed by atoms with Crippen LogP contribution in [0.25, 0.3) is 0 Å². The van der Waals surface area contributed by atoms with Gasteiger partial charge >= 0.3 is 0 Å². The second-order valence-electron chi connectivity index (χ2n) is 10.5. The van der Waals surface area contributed by atoms with Gasteiger partial charge in [0.25, 0.3) is 11.8 Å². The number of piperidine rings is 1. The first kappa shape index (κ1) is 24.9. The summed E-state index contributed by atoms with van der Waals surface area (Å²) in [6.07, 6.45) is -1.30. The van der Waals surface area contributed by atoms with E-state index >= 15 is 4.39 Å². The van der Waals surface area contributed by atoms with Crippen molar-refractivity contribution in [3.63, 3.8) is 0 Å². The number of pyridine rings is 1. The highest BCUT2D eigenvalue weighted by molar-refractivity contribution is 5.96. The molecule has 0 bridgehead atoms. The number of carbonyl (C=O) groups is 1. The number of hydrogen-bond acceptors (Lipinski definition) is 6. The largest absolute Gasteiger partial charge is 0.502 e. The van der Waals surface area contributed by atoms with Gasteiger partial charge in [0.05, 0.1) is 25.7 Å². The first-order valence-corrected chi connectivity index (χ1v) is 13.0. The van der Waals surface area contributed by atoms with Gasteiger partial charge < -0.3 is 19.6 Å². The number of aromatic nitrogens is 1. The van der Waals surface area contributed by atoms with Crippen LogP contribution in [0.5, 0.6) is 5.75 Å². The molecule has 1 unspecified atom stereocenters. The Bertz CT molecular complexity index is 1610. The standard InChI is InChI=1S/C28H24F4N4O4/c29-17-6-5-16-22(23(17)30)19-14-40-12-11-33(19)18-4-2-1-3-15(18)24(16)36-21-13-28(31,32)8-10-34(21)27(39)25-26(38)20(37)7-9-35(25)36/h1-7,9,19,21,24,38H,8,10-14H2/t19?,21-,24-/m1/s1. The fourth-order valence-electron chi connectivity index (χ4n) is 6.59. The highest BCUT2D eigenvalue weighted by atomic mass is 19.3. The number of nitrogens with zero attached hydrogens (tertiary/aromatic N) is 4. The van der Waals surface area contributed by atoms with Crippen LogP contribution in [0.4, 0.5) is 23.2 Å². The predicted octanol–water partition coefficient (Wildman–Crippen LogP) is 3.66. The van der Waals surface area contributed by atoms with Crippen LogP contribution >= 0.6 is 0 Å². The van der Waals surface area contributed by atoms with Crippen molar-refractivity contribution in [1.82, 2.24) is 9.58 Å². The molecule has 1 aromatic heterocycles. The van der Waals surface area contributed by atoms with E-state index in [0.717, 1.165) is 12.1 Å². The molecule has 8 nitrogen and oxygen atoms in total. The lowest BCUT2D eigenvalue weighted by Gasteiger charge is -2.52. The Kier molecular flexibility index (Phi) is 5.44. The maximum Gasteiger partial charge on any atom is 0.278 e. The number of fused-ring (bicyclic) bond motifs is 7. The van der Waals surface area contributed by atoms with Gasteiger partial charge in [0.15, 0.2) is 23.1 Å². The Morgan fingerprint density at radius 3 is 2.60 bits per heavy atom. The molecule has 1 amide bonds. The third kappa shape index (κ3) is 3.48. The monoisotopic (exact) mass is 556 g/mol. The van der Waals surface area contributed by atoms with Gasteiger partial charge in [0.2, 0.25) is 5.43 Å². The minimum atomic E-state index is -3.12. The fourth-order valence-corrected chi connectivity index (χ4v) is 6.59. The summed E-state index contributed by atoms with van der Waals surface area (Å²) in [5.41, 5.74) is 0.432. The number of amides is 1. The summed E-state index contributed by atoms with van der Waals surface area (Å²) in [5, 5.41) is 12.2. The van der Waals surface area contributed by atoms with Crippen molar-refractivity contribution in [1.29, 1.82) is 0 Å². The molecule has 7 rings (SSSR count). The van der Waals surface area contributed by atoms with Gasteiger partial charge in [0, 0.05) is 48.6 Å². The average Bonchev–Trinajstić information content (AvgIpc) is 3.05. The zero-order valence-corrected chi connectivity index (χ0v) is 21.1. The van der Waals surface area contributed by atoms with Crippen molar-refractivity contribution in [2.24, 2.45) is 0 Å². The van der Waals surface area contributed by atoms with E-state index in [2.05, 4.69) is 0 Å². The zero-order chi connectivity index (χ0) is 27.9. The van der Waals surface area contributed by atoms with Crippen LogP contribution in [0.15, 0.2) is 53.5 Å². The number of ether oxygens (including phenoxy) is 1. The summed E-state index contributed by atoms with van der Waals surface area (Å²) in [4.78, 5) is 29.1. The number of rotatable bonds is 1. The van der Waals surface area contributed by atoms with Gasteiger partial charge in [-0.3, -0.25) is 19.3 Å². The summed E-state index contributed by atoms with van der Waals surface area (Å²) in [5.74, 6) is -6.82. The molecule has 5 heterocycles. The maximum atomic E-state index is 15.8. The third-order valence-corrected chi connectivity index (χ3v) is 8.36. The summed E-state index contributed by atoms with van der Waals surface area (Å²) >= 11 is 0. The quantitative estimate of drug-likeness (QED) is 0.461. The van der Waals surface area contributed by atoms with Gasteiger partial charge in [0.1, 0.15) is 12.2 Å². The number of anilines is 1. The Balaban J connectivity index is 1.57. The van der Waals surface area contributed by atoms with Gasteiger partial charge in [-0.1, -0.05) is 24.3 Å². The average molecular weight is 557 g/mol. The zero-order valence-electron chi connectivity index (χ0n) is 21.1. The van der Waals surface area contributed by atoms with Gasteiger partial charge in [-0.05, 0) is 17.7 Å². The normalized spacial score (nSPS) is 24.9. The molecule has 0 aliphatic carbocycles. The minimum Gasteiger partial charge on any atom is -0.502 e. The molecule has 4 aliphatic heterocycles. The molecule has 0 radical (unpaired) electrons. The second kappa shape index (κ2) is 8.72. The van der Waals surface area contributed by atoms with Gasteiger partial charge in [-0.25, -0.2) is 17.6 Å². The molecule has 0 saturated carbocycles. The van der Waals surface area contributed by atoms with Crippen molar-refractivity contribution in [2.45, 2.75) is 37.0 Å². The van der Waals surface area contributed by atoms with Crippen molar-refractivity contribution >= 4 is 11.6 Å². The number of para-hydroxylation sites is 1. The lowest BCUT2D eigenvalue weighted by Crippen LogP contribution is -2.66. The van der Waals surface area contributed by atoms with Crippen LogP contribution in [0, 0.1) is 11.6 Å². The molecule has 3 atom stereocenters. The van der Waals surface area contributed by atoms with E-state index in [1.165, 1.54) is 26.8 Å². The van der Waals surface area contributed by atoms with E-state index in [9.17, 15) is 27.9 Å². The fraction of sp³-hybridized carbons (Fsp3) is 0.357. The van der Waals surface area contributed by atoms with Gasteiger partial charge in [-0.2, -0.15) is 0 Å². The van der Waals surface area contributed by atoms with E-state index in [1.807, 2.05) is 11.0 Å². The van der Waals surface area contributed by atoms with E-state index in [-0.39, 0.29) is 24.4 Å². The van der Waals surface area contributed by atoms with Crippen molar-refractivity contribution in [3.05, 3.63) is 92.9 Å². The molecule has 0 spiro atoms. The van der Waals surface area contributed by atoms with Crippen molar-refractivity contribution in [3.8, 4) is 5.75 Å². The van der Waals surface area contributed by atoms with Crippen LogP contribution in [0.3, 0.4) is 0 Å². The molecular weight excluding hydrogens is 532 g/mol. The Morgan fingerprint density at radius 2 is 1.77 bits per heavy atom. The molecule has 4 aliphatic rings. The minimum absolute atomic E-state index is 0.0266. The van der Waals surface area contributed by atoms with Crippen LogP contribution < -0.4 is 15.3 Å². The van der Waals surface area contributed by atoms with Crippen LogP contribution in [-0.4, -0.2) is 59.0 Å². The van der Waals surface area contributed by atoms with E-state index in [0.29, 0.717) is 30.0 Å². The van der Waals surface area contributed by atoms with Crippen molar-refractivity contribution < 1.29 is 32.2 Å². The Labute approximate surface area is 225 Å². The second-order valence-corrected chi connectivity index (χ2v) is 10.5. The molecule has 208 valence electrons. The lowest BCUT2D eigenvalue weighted by molar-refractivity contribution is -0.0784. The molecule has 1 N–H and O–H groups in total. The summed E-state index contributed by atoms with van der Waals surface area (Å²) in [6.45, 7) is 0.474. The first-order valence-electron chi connectivity index (χ1n) is 13.0. The van der Waals surface area contributed by atoms with Gasteiger partial charge in [-0.15, -0.1) is 0 Å². The smallest absolute Gasteiger partial charge is 0.278 e. The molecular formula is C28H24F4N4O4. The molecule has 12 heteroatoms. The van der Waals surface area contributed by atoms with Crippen LogP contribution in [0.1, 0.15) is 52.1 Å². The van der Waals surface area contributed by atoms with E-state index in [1.54, 1.807) is 18.2 Å². The van der Waals surface area contributed by atoms with Crippen LogP contribution in [-0.2, 0) is 4.74 Å². The molecule has 3 aromatic rings. The molecule has 40 heavy (non-hydrogen) atoms.